The van der Waals surface area contributed by atoms with Crippen LogP contribution in [0.5, 0.6) is 0 Å². The van der Waals surface area contributed by atoms with Gasteiger partial charge in [0.05, 0.1) is 12.6 Å². The zero-order valence-corrected chi connectivity index (χ0v) is 14.3. The van der Waals surface area contributed by atoms with E-state index in [0.717, 1.165) is 10.0 Å². The van der Waals surface area contributed by atoms with Crippen LogP contribution in [0.1, 0.15) is 28.9 Å². The molecule has 1 aliphatic heterocycles. The predicted octanol–water partition coefficient (Wildman–Crippen LogP) is 4.19. The molecule has 120 valence electrons. The fourth-order valence-corrected chi connectivity index (χ4v) is 3.02. The zero-order valence-electron chi connectivity index (χ0n) is 12.7. The van der Waals surface area contributed by atoms with Gasteiger partial charge in [-0.1, -0.05) is 28.1 Å². The van der Waals surface area contributed by atoms with Crippen molar-refractivity contribution >= 4 is 21.8 Å². The molecule has 0 aliphatic carbocycles. The van der Waals surface area contributed by atoms with Gasteiger partial charge in [-0.2, -0.15) is 0 Å². The summed E-state index contributed by atoms with van der Waals surface area (Å²) in [6.45, 7) is 2.95. The van der Waals surface area contributed by atoms with Gasteiger partial charge in [0.2, 0.25) is 0 Å². The quantitative estimate of drug-likeness (QED) is 0.784. The fraction of sp³-hybridized carbons (Fsp3) is 0.278. The van der Waals surface area contributed by atoms with Crippen LogP contribution in [-0.2, 0) is 4.74 Å². The number of ether oxygens (including phenoxy) is 1. The maximum Gasteiger partial charge on any atom is 0.254 e. The van der Waals surface area contributed by atoms with Crippen molar-refractivity contribution in [1.29, 1.82) is 0 Å². The monoisotopic (exact) mass is 377 g/mol. The lowest BCUT2D eigenvalue weighted by Gasteiger charge is -2.37. The Hall–Kier alpha value is -1.72. The van der Waals surface area contributed by atoms with Gasteiger partial charge in [0.15, 0.2) is 0 Å². The van der Waals surface area contributed by atoms with E-state index < -0.39 is 0 Å². The van der Waals surface area contributed by atoms with Crippen LogP contribution >= 0.6 is 15.9 Å². The number of carbonyl (C=O) groups excluding carboxylic acids is 1. The molecule has 1 fully saturated rings. The van der Waals surface area contributed by atoms with E-state index in [1.807, 2.05) is 19.1 Å². The van der Waals surface area contributed by atoms with Gasteiger partial charge in [-0.25, -0.2) is 4.39 Å². The number of hydrogen-bond donors (Lipinski definition) is 0. The Balaban J connectivity index is 1.78. The predicted molar refractivity (Wildman–Crippen MR) is 89.7 cm³/mol. The second-order valence-electron chi connectivity index (χ2n) is 5.70. The Morgan fingerprint density at radius 1 is 1.13 bits per heavy atom. The maximum atomic E-state index is 13.1. The third kappa shape index (κ3) is 3.79. The van der Waals surface area contributed by atoms with E-state index >= 15 is 0 Å². The van der Waals surface area contributed by atoms with E-state index in [-0.39, 0.29) is 23.9 Å². The van der Waals surface area contributed by atoms with Crippen molar-refractivity contribution < 1.29 is 13.9 Å². The van der Waals surface area contributed by atoms with Crippen molar-refractivity contribution in [3.8, 4) is 0 Å². The topological polar surface area (TPSA) is 29.5 Å². The molecule has 1 amide bonds. The van der Waals surface area contributed by atoms with Crippen LogP contribution in [0.15, 0.2) is 53.0 Å². The molecule has 1 heterocycles. The summed E-state index contributed by atoms with van der Waals surface area (Å²) in [5.74, 6) is -0.292. The summed E-state index contributed by atoms with van der Waals surface area (Å²) >= 11 is 3.37. The number of benzene rings is 2. The van der Waals surface area contributed by atoms with Crippen molar-refractivity contribution in [1.82, 2.24) is 4.90 Å². The van der Waals surface area contributed by atoms with Crippen molar-refractivity contribution in [3.63, 3.8) is 0 Å². The lowest BCUT2D eigenvalue weighted by atomic mass is 10.1. The molecule has 1 aliphatic rings. The summed E-state index contributed by atoms with van der Waals surface area (Å²) in [7, 11) is 0. The SMILES string of the molecule is CC1CN(C(=O)c2ccc(Br)cc2)CC(c2ccc(F)cc2)O1. The summed E-state index contributed by atoms with van der Waals surface area (Å²) in [5.41, 5.74) is 1.53. The second kappa shape index (κ2) is 6.81. The number of hydrogen-bond acceptors (Lipinski definition) is 2. The smallest absolute Gasteiger partial charge is 0.254 e. The molecule has 2 aromatic carbocycles. The van der Waals surface area contributed by atoms with Crippen LogP contribution in [0, 0.1) is 5.82 Å². The van der Waals surface area contributed by atoms with E-state index in [0.29, 0.717) is 18.7 Å². The van der Waals surface area contributed by atoms with Crippen molar-refractivity contribution in [2.45, 2.75) is 19.1 Å². The van der Waals surface area contributed by atoms with Gasteiger partial charge in [-0.3, -0.25) is 4.79 Å². The molecule has 0 spiro atoms. The molecular weight excluding hydrogens is 361 g/mol. The molecule has 3 rings (SSSR count). The van der Waals surface area contributed by atoms with Crippen molar-refractivity contribution in [3.05, 3.63) is 69.9 Å². The standard InChI is InChI=1S/C18H17BrFNO2/c1-12-10-21(18(22)14-2-6-15(19)7-3-14)11-17(23-12)13-4-8-16(20)9-5-13/h2-9,12,17H,10-11H2,1H3. The number of carbonyl (C=O) groups is 1. The summed E-state index contributed by atoms with van der Waals surface area (Å²) in [4.78, 5) is 14.5. The Kier molecular flexibility index (Phi) is 4.78. The molecule has 0 radical (unpaired) electrons. The van der Waals surface area contributed by atoms with Gasteiger partial charge in [-0.05, 0) is 48.9 Å². The summed E-state index contributed by atoms with van der Waals surface area (Å²) in [5, 5.41) is 0. The second-order valence-corrected chi connectivity index (χ2v) is 6.62. The van der Waals surface area contributed by atoms with E-state index in [9.17, 15) is 9.18 Å². The minimum Gasteiger partial charge on any atom is -0.367 e. The van der Waals surface area contributed by atoms with Crippen LogP contribution in [0.3, 0.4) is 0 Å². The van der Waals surface area contributed by atoms with Crippen LogP contribution < -0.4 is 0 Å². The number of morpholine rings is 1. The molecule has 0 saturated carbocycles. The first-order valence-electron chi connectivity index (χ1n) is 7.48. The van der Waals surface area contributed by atoms with E-state index in [1.165, 1.54) is 12.1 Å². The Bertz CT molecular complexity index is 687. The molecule has 3 nitrogen and oxygen atoms in total. The molecule has 2 atom stereocenters. The van der Waals surface area contributed by atoms with Crippen LogP contribution in [0.25, 0.3) is 0 Å². The summed E-state index contributed by atoms with van der Waals surface area (Å²) < 4.78 is 19.9. The van der Waals surface area contributed by atoms with Crippen LogP contribution in [-0.4, -0.2) is 30.0 Å². The van der Waals surface area contributed by atoms with Gasteiger partial charge in [0.1, 0.15) is 11.9 Å². The average Bonchev–Trinajstić information content (AvgIpc) is 2.55. The molecule has 2 unspecified atom stereocenters. The van der Waals surface area contributed by atoms with Gasteiger partial charge >= 0.3 is 0 Å². The fourth-order valence-electron chi connectivity index (χ4n) is 2.75. The van der Waals surface area contributed by atoms with Crippen LogP contribution in [0.2, 0.25) is 0 Å². The van der Waals surface area contributed by atoms with E-state index in [1.54, 1.807) is 29.2 Å². The molecule has 23 heavy (non-hydrogen) atoms. The first-order chi connectivity index (χ1) is 11.0. The highest BCUT2D eigenvalue weighted by molar-refractivity contribution is 9.10. The zero-order chi connectivity index (χ0) is 16.4. The molecule has 1 saturated heterocycles. The molecule has 2 aromatic rings. The summed E-state index contributed by atoms with van der Waals surface area (Å²) in [6.07, 6.45) is -0.308. The normalized spacial score (nSPS) is 21.3. The number of halogens is 2. The lowest BCUT2D eigenvalue weighted by Crippen LogP contribution is -2.45. The minimum atomic E-state index is -0.277. The number of amides is 1. The number of nitrogens with zero attached hydrogens (tertiary/aromatic N) is 1. The minimum absolute atomic E-state index is 0.0141. The average molecular weight is 378 g/mol. The third-order valence-electron chi connectivity index (χ3n) is 3.88. The number of rotatable bonds is 2. The molecule has 0 bridgehead atoms. The molecule has 5 heteroatoms. The largest absolute Gasteiger partial charge is 0.367 e. The first kappa shape index (κ1) is 16.1. The Morgan fingerprint density at radius 3 is 2.43 bits per heavy atom. The molecule has 0 N–H and O–H groups in total. The van der Waals surface area contributed by atoms with Gasteiger partial charge in [-0.15, -0.1) is 0 Å². The first-order valence-corrected chi connectivity index (χ1v) is 8.28. The third-order valence-corrected chi connectivity index (χ3v) is 4.41. The Labute approximate surface area is 143 Å². The Morgan fingerprint density at radius 2 is 1.78 bits per heavy atom. The molecule has 0 aromatic heterocycles. The van der Waals surface area contributed by atoms with E-state index in [2.05, 4.69) is 15.9 Å². The van der Waals surface area contributed by atoms with Crippen molar-refractivity contribution in [2.24, 2.45) is 0 Å². The van der Waals surface area contributed by atoms with Gasteiger partial charge < -0.3 is 9.64 Å². The van der Waals surface area contributed by atoms with Crippen molar-refractivity contribution in [2.75, 3.05) is 13.1 Å². The van der Waals surface area contributed by atoms with E-state index in [4.69, 9.17) is 4.74 Å². The lowest BCUT2D eigenvalue weighted by molar-refractivity contribution is -0.0691. The highest BCUT2D eigenvalue weighted by atomic mass is 79.9. The van der Waals surface area contributed by atoms with Gasteiger partial charge in [0.25, 0.3) is 5.91 Å². The summed E-state index contributed by atoms with van der Waals surface area (Å²) in [6, 6.07) is 13.6. The highest BCUT2D eigenvalue weighted by Gasteiger charge is 2.29. The maximum absolute atomic E-state index is 13.1. The van der Waals surface area contributed by atoms with Gasteiger partial charge in [0, 0.05) is 16.6 Å². The van der Waals surface area contributed by atoms with Crippen LogP contribution in [0.4, 0.5) is 4.39 Å². The molecular formula is C18H17BrFNO2. The highest BCUT2D eigenvalue weighted by Crippen LogP contribution is 2.26.